The second kappa shape index (κ2) is 10.8. The Kier molecular flexibility index (Phi) is 7.59. The van der Waals surface area contributed by atoms with Gasteiger partial charge in [0.15, 0.2) is 0 Å². The summed E-state index contributed by atoms with van der Waals surface area (Å²) in [5, 5.41) is 5.52. The van der Waals surface area contributed by atoms with Crippen LogP contribution < -0.4 is 10.6 Å². The topological polar surface area (TPSA) is 116 Å². The van der Waals surface area contributed by atoms with E-state index in [2.05, 4.69) is 10.6 Å². The normalized spacial score (nSPS) is 19.0. The third kappa shape index (κ3) is 5.29. The van der Waals surface area contributed by atoms with Crippen molar-refractivity contribution in [3.8, 4) is 0 Å². The van der Waals surface area contributed by atoms with Crippen LogP contribution in [-0.4, -0.2) is 64.6 Å². The molecule has 1 aromatic carbocycles. The van der Waals surface area contributed by atoms with Gasteiger partial charge in [-0.1, -0.05) is 50.7 Å². The smallest absolute Gasteiger partial charge is 0.324 e. The van der Waals surface area contributed by atoms with Crippen molar-refractivity contribution in [1.29, 1.82) is 0 Å². The third-order valence-electron chi connectivity index (χ3n) is 6.98. The lowest BCUT2D eigenvalue weighted by Crippen LogP contribution is -2.55. The van der Waals surface area contributed by atoms with Gasteiger partial charge in [-0.15, -0.1) is 0 Å². The number of imide groups is 2. The zero-order chi connectivity index (χ0) is 24.1. The van der Waals surface area contributed by atoms with E-state index in [4.69, 9.17) is 0 Å². The van der Waals surface area contributed by atoms with E-state index in [1.165, 1.54) is 4.90 Å². The largest absolute Gasteiger partial charge is 0.345 e. The molecule has 2 N–H and O–H groups in total. The average Bonchev–Trinajstić information content (AvgIpc) is 3.09. The van der Waals surface area contributed by atoms with Gasteiger partial charge in [-0.05, 0) is 37.8 Å². The van der Waals surface area contributed by atoms with Gasteiger partial charge in [-0.25, -0.2) is 4.79 Å². The number of rotatable bonds is 6. The quantitative estimate of drug-likeness (QED) is 0.623. The molecule has 1 aliphatic heterocycles. The molecule has 0 saturated heterocycles. The first-order valence-corrected chi connectivity index (χ1v) is 12.3. The van der Waals surface area contributed by atoms with Crippen molar-refractivity contribution in [2.45, 2.75) is 76.3 Å². The fourth-order valence-electron chi connectivity index (χ4n) is 5.15. The van der Waals surface area contributed by atoms with E-state index in [-0.39, 0.29) is 29.8 Å². The van der Waals surface area contributed by atoms with Crippen LogP contribution in [0, 0.1) is 0 Å². The molecule has 0 unspecified atom stereocenters. The molecule has 9 nitrogen and oxygen atoms in total. The lowest BCUT2D eigenvalue weighted by atomic mass is 9.93. The predicted molar refractivity (Wildman–Crippen MR) is 124 cm³/mol. The van der Waals surface area contributed by atoms with Crippen LogP contribution in [0.3, 0.4) is 0 Å². The highest BCUT2D eigenvalue weighted by molar-refractivity contribution is 6.22. The number of nitrogens with one attached hydrogen (secondary N) is 2. The van der Waals surface area contributed by atoms with E-state index >= 15 is 0 Å². The molecule has 0 spiro atoms. The molecular weight excluding hydrogens is 436 g/mol. The molecule has 3 aliphatic rings. The van der Waals surface area contributed by atoms with Crippen LogP contribution in [0.15, 0.2) is 24.3 Å². The molecule has 1 heterocycles. The lowest BCUT2D eigenvalue weighted by molar-refractivity contribution is -0.132. The number of hydrogen-bond donors (Lipinski definition) is 2. The second-order valence-electron chi connectivity index (χ2n) is 9.36. The van der Waals surface area contributed by atoms with Gasteiger partial charge in [0.25, 0.3) is 11.8 Å². The number of urea groups is 1. The average molecular weight is 469 g/mol. The van der Waals surface area contributed by atoms with Crippen molar-refractivity contribution in [2.75, 3.05) is 13.1 Å². The number of carbonyl (C=O) groups excluding carboxylic acids is 5. The first kappa shape index (κ1) is 23.9. The summed E-state index contributed by atoms with van der Waals surface area (Å²) in [4.78, 5) is 65.8. The molecule has 0 bridgehead atoms. The van der Waals surface area contributed by atoms with E-state index in [0.717, 1.165) is 69.1 Å². The minimum atomic E-state index is -0.626. The molecular formula is C25H32N4O5. The maximum atomic E-state index is 13.1. The Hall–Kier alpha value is -3.23. The highest BCUT2D eigenvalue weighted by atomic mass is 16.2. The highest BCUT2D eigenvalue weighted by Gasteiger charge is 2.37. The van der Waals surface area contributed by atoms with Crippen LogP contribution in [0.4, 0.5) is 4.79 Å². The van der Waals surface area contributed by atoms with E-state index in [9.17, 15) is 24.0 Å². The minimum Gasteiger partial charge on any atom is -0.345 e. The fourth-order valence-corrected chi connectivity index (χ4v) is 5.15. The maximum absolute atomic E-state index is 13.1. The molecule has 0 aromatic heterocycles. The summed E-state index contributed by atoms with van der Waals surface area (Å²) in [7, 11) is 0. The Bertz CT molecular complexity index is 931. The molecule has 2 aliphatic carbocycles. The standard InChI is InChI=1S/C25H32N4O5/c30-21(16-28-23(32)19-13-7-8-14-20(19)24(28)33)26-15-22(31)29(18-11-5-2-6-12-18)25(34)27-17-9-3-1-4-10-17/h7-8,13-14,17-18H,1-6,9-12,15-16H2,(H,26,30)(H,27,34). The van der Waals surface area contributed by atoms with Gasteiger partial charge in [0.1, 0.15) is 6.54 Å². The predicted octanol–water partition coefficient (Wildman–Crippen LogP) is 2.60. The summed E-state index contributed by atoms with van der Waals surface area (Å²) in [6, 6.07) is 5.91. The van der Waals surface area contributed by atoms with E-state index in [1.807, 2.05) is 0 Å². The lowest BCUT2D eigenvalue weighted by Gasteiger charge is -2.34. The molecule has 9 heteroatoms. The van der Waals surface area contributed by atoms with Gasteiger partial charge in [0.05, 0.1) is 17.7 Å². The van der Waals surface area contributed by atoms with Crippen molar-refractivity contribution < 1.29 is 24.0 Å². The van der Waals surface area contributed by atoms with Gasteiger partial charge in [0.2, 0.25) is 11.8 Å². The Labute approximate surface area is 199 Å². The van der Waals surface area contributed by atoms with Crippen molar-refractivity contribution in [1.82, 2.24) is 20.4 Å². The molecule has 0 atom stereocenters. The Balaban J connectivity index is 1.35. The van der Waals surface area contributed by atoms with Crippen LogP contribution in [0.5, 0.6) is 0 Å². The fraction of sp³-hybridized carbons (Fsp3) is 0.560. The molecule has 2 saturated carbocycles. The molecule has 34 heavy (non-hydrogen) atoms. The van der Waals surface area contributed by atoms with Gasteiger partial charge in [-0.2, -0.15) is 0 Å². The van der Waals surface area contributed by atoms with Crippen molar-refractivity contribution >= 4 is 29.7 Å². The number of amides is 6. The van der Waals surface area contributed by atoms with Crippen LogP contribution in [0.2, 0.25) is 0 Å². The van der Waals surface area contributed by atoms with Gasteiger partial charge < -0.3 is 10.6 Å². The molecule has 4 rings (SSSR count). The number of fused-ring (bicyclic) bond motifs is 1. The first-order chi connectivity index (χ1) is 16.5. The van der Waals surface area contributed by atoms with Crippen LogP contribution in [0.25, 0.3) is 0 Å². The Morgan fingerprint density at radius 2 is 1.41 bits per heavy atom. The molecule has 182 valence electrons. The van der Waals surface area contributed by atoms with Crippen molar-refractivity contribution in [3.05, 3.63) is 35.4 Å². The Morgan fingerprint density at radius 1 is 0.853 bits per heavy atom. The van der Waals surface area contributed by atoms with Gasteiger partial charge >= 0.3 is 6.03 Å². The SMILES string of the molecule is O=C(CN1C(=O)c2ccccc2C1=O)NCC(=O)N(C(=O)NC1CCCCC1)C1CCCCC1. The molecule has 0 radical (unpaired) electrons. The molecule has 2 fully saturated rings. The number of hydrogen-bond acceptors (Lipinski definition) is 5. The second-order valence-corrected chi connectivity index (χ2v) is 9.36. The maximum Gasteiger partial charge on any atom is 0.324 e. The third-order valence-corrected chi connectivity index (χ3v) is 6.98. The van der Waals surface area contributed by atoms with Crippen molar-refractivity contribution in [2.24, 2.45) is 0 Å². The molecule has 6 amide bonds. The summed E-state index contributed by atoms with van der Waals surface area (Å²) in [5.41, 5.74) is 0.526. The number of benzene rings is 1. The summed E-state index contributed by atoms with van der Waals surface area (Å²) < 4.78 is 0. The highest BCUT2D eigenvalue weighted by Crippen LogP contribution is 2.24. The van der Waals surface area contributed by atoms with Crippen LogP contribution >= 0.6 is 0 Å². The van der Waals surface area contributed by atoms with Gasteiger partial charge in [0, 0.05) is 12.1 Å². The zero-order valence-electron chi connectivity index (χ0n) is 19.4. The molecule has 1 aromatic rings. The number of carbonyl (C=O) groups is 5. The van der Waals surface area contributed by atoms with E-state index < -0.39 is 36.2 Å². The monoisotopic (exact) mass is 468 g/mol. The van der Waals surface area contributed by atoms with Crippen molar-refractivity contribution in [3.63, 3.8) is 0 Å². The van der Waals surface area contributed by atoms with Gasteiger partial charge in [-0.3, -0.25) is 29.0 Å². The number of nitrogens with zero attached hydrogens (tertiary/aromatic N) is 2. The Morgan fingerprint density at radius 3 is 2.00 bits per heavy atom. The van der Waals surface area contributed by atoms with Crippen LogP contribution in [0.1, 0.15) is 84.9 Å². The minimum absolute atomic E-state index is 0.0727. The van der Waals surface area contributed by atoms with E-state index in [0.29, 0.717) is 0 Å². The van der Waals surface area contributed by atoms with E-state index in [1.54, 1.807) is 24.3 Å². The summed E-state index contributed by atoms with van der Waals surface area (Å²) in [6.07, 6.45) is 9.63. The summed E-state index contributed by atoms with van der Waals surface area (Å²) in [5.74, 6) is -2.16. The summed E-state index contributed by atoms with van der Waals surface area (Å²) >= 11 is 0. The summed E-state index contributed by atoms with van der Waals surface area (Å²) in [6.45, 7) is -0.839. The zero-order valence-corrected chi connectivity index (χ0v) is 19.4. The first-order valence-electron chi connectivity index (χ1n) is 12.3. The van der Waals surface area contributed by atoms with Crippen LogP contribution in [-0.2, 0) is 9.59 Å².